The average Bonchev–Trinajstić information content (AvgIpc) is 2.96. The van der Waals surface area contributed by atoms with Crippen molar-refractivity contribution in [3.8, 4) is 5.75 Å². The summed E-state index contributed by atoms with van der Waals surface area (Å²) in [5.41, 5.74) is 14.9. The standard InChI is InChI=1S/C18H19BN4O3/c1-26-14-6-7-15-11(8-14)9-23(16(15)24)10-18(20,17(25)22-21)12-2-4-13(19)5-3-12/h2-8,21H,9-10,19-20H2,1H3. The first-order valence-corrected chi connectivity index (χ1v) is 8.13. The first-order valence-electron chi connectivity index (χ1n) is 8.13. The summed E-state index contributed by atoms with van der Waals surface area (Å²) in [6.45, 7) is 0.258. The van der Waals surface area contributed by atoms with E-state index >= 15 is 0 Å². The van der Waals surface area contributed by atoms with Gasteiger partial charge in [0, 0.05) is 12.1 Å². The molecule has 3 rings (SSSR count). The van der Waals surface area contributed by atoms with Crippen molar-refractivity contribution in [3.63, 3.8) is 0 Å². The molecule has 0 spiro atoms. The lowest BCUT2D eigenvalue weighted by molar-refractivity contribution is -0.124. The molecule has 0 bridgehead atoms. The molecule has 0 saturated carbocycles. The number of rotatable bonds is 5. The Morgan fingerprint density at radius 1 is 1.35 bits per heavy atom. The first-order chi connectivity index (χ1) is 12.4. The summed E-state index contributed by atoms with van der Waals surface area (Å²) in [6, 6.07) is 12.4. The van der Waals surface area contributed by atoms with Crippen molar-refractivity contribution in [3.05, 3.63) is 59.2 Å². The monoisotopic (exact) mass is 350 g/mol. The highest BCUT2D eigenvalue weighted by molar-refractivity contribution is 6.32. The predicted molar refractivity (Wildman–Crippen MR) is 98.4 cm³/mol. The summed E-state index contributed by atoms with van der Waals surface area (Å²) >= 11 is 0. The molecule has 8 heteroatoms. The van der Waals surface area contributed by atoms with Crippen LogP contribution >= 0.6 is 0 Å². The second kappa shape index (κ2) is 6.72. The topological polar surface area (TPSA) is 109 Å². The number of nitrogens with two attached hydrogens (primary N) is 1. The van der Waals surface area contributed by atoms with Crippen LogP contribution in [0.5, 0.6) is 5.75 Å². The predicted octanol–water partition coefficient (Wildman–Crippen LogP) is 0.321. The Labute approximate surface area is 152 Å². The molecule has 3 N–H and O–H groups in total. The first kappa shape index (κ1) is 17.8. The summed E-state index contributed by atoms with van der Waals surface area (Å²) in [5.74, 6) is -0.335. The van der Waals surface area contributed by atoms with E-state index in [1.807, 2.05) is 20.0 Å². The van der Waals surface area contributed by atoms with Gasteiger partial charge in [-0.1, -0.05) is 29.7 Å². The van der Waals surface area contributed by atoms with E-state index < -0.39 is 11.4 Å². The molecule has 0 radical (unpaired) electrons. The highest BCUT2D eigenvalue weighted by Gasteiger charge is 2.41. The van der Waals surface area contributed by atoms with Crippen molar-refractivity contribution in [2.45, 2.75) is 12.1 Å². The molecule has 1 aliphatic heterocycles. The van der Waals surface area contributed by atoms with Crippen LogP contribution in [0.4, 0.5) is 0 Å². The number of amides is 2. The van der Waals surface area contributed by atoms with Crippen molar-refractivity contribution in [2.75, 3.05) is 13.7 Å². The van der Waals surface area contributed by atoms with Gasteiger partial charge in [0.1, 0.15) is 19.1 Å². The van der Waals surface area contributed by atoms with Crippen LogP contribution in [0.2, 0.25) is 0 Å². The molecule has 0 aliphatic carbocycles. The minimum Gasteiger partial charge on any atom is -0.497 e. The number of nitrogens with zero attached hydrogens (tertiary/aromatic N) is 2. The maximum Gasteiger partial charge on any atom is 0.290 e. The van der Waals surface area contributed by atoms with E-state index in [0.717, 1.165) is 11.0 Å². The van der Waals surface area contributed by atoms with Crippen LogP contribution in [0, 0.1) is 5.53 Å². The van der Waals surface area contributed by atoms with Gasteiger partial charge in [-0.25, -0.2) is 5.53 Å². The molecule has 1 unspecified atom stereocenters. The Balaban J connectivity index is 1.93. The second-order valence-electron chi connectivity index (χ2n) is 6.44. The quantitative estimate of drug-likeness (QED) is 0.598. The van der Waals surface area contributed by atoms with E-state index in [0.29, 0.717) is 23.4 Å². The van der Waals surface area contributed by atoms with Crippen LogP contribution in [0.3, 0.4) is 0 Å². The number of nitrogens with one attached hydrogen (secondary N) is 1. The number of fused-ring (bicyclic) bond motifs is 1. The fourth-order valence-electron chi connectivity index (χ4n) is 3.15. The number of ether oxygens (including phenoxy) is 1. The summed E-state index contributed by atoms with van der Waals surface area (Å²) in [4.78, 5) is 26.6. The second-order valence-corrected chi connectivity index (χ2v) is 6.44. The molecule has 2 amide bonds. The average molecular weight is 350 g/mol. The Hall–Kier alpha value is -3.00. The fraction of sp³-hybridized carbons (Fsp3) is 0.222. The SMILES string of the molecule is Bc1ccc(C(N)(CN2Cc3cc(OC)ccc3C2=O)C(=O)N=N)cc1. The van der Waals surface area contributed by atoms with Crippen LogP contribution < -0.4 is 15.9 Å². The summed E-state index contributed by atoms with van der Waals surface area (Å²) in [7, 11) is 3.49. The van der Waals surface area contributed by atoms with Crippen LogP contribution in [0.15, 0.2) is 47.6 Å². The molecule has 0 aromatic heterocycles. The molecule has 2 aromatic rings. The van der Waals surface area contributed by atoms with Gasteiger partial charge in [0.25, 0.3) is 11.8 Å². The van der Waals surface area contributed by atoms with E-state index in [2.05, 4.69) is 5.11 Å². The zero-order valence-electron chi connectivity index (χ0n) is 14.7. The van der Waals surface area contributed by atoms with E-state index in [9.17, 15) is 9.59 Å². The van der Waals surface area contributed by atoms with Crippen molar-refractivity contribution < 1.29 is 14.3 Å². The zero-order chi connectivity index (χ0) is 18.9. The van der Waals surface area contributed by atoms with E-state index in [-0.39, 0.29) is 12.5 Å². The molecule has 1 heterocycles. The number of hydrogen-bond acceptors (Lipinski definition) is 5. The molecule has 1 atom stereocenters. The van der Waals surface area contributed by atoms with Gasteiger partial charge in [-0.3, -0.25) is 9.59 Å². The van der Waals surface area contributed by atoms with Crippen molar-refractivity contribution in [2.24, 2.45) is 10.8 Å². The van der Waals surface area contributed by atoms with Gasteiger partial charge in [-0.05, 0) is 29.3 Å². The lowest BCUT2D eigenvalue weighted by atomic mass is 9.86. The van der Waals surface area contributed by atoms with Crippen LogP contribution in [0.25, 0.3) is 0 Å². The minimum atomic E-state index is -1.57. The molecule has 2 aromatic carbocycles. The number of hydrogen-bond donors (Lipinski definition) is 2. The van der Waals surface area contributed by atoms with Crippen LogP contribution in [-0.4, -0.2) is 38.2 Å². The lowest BCUT2D eigenvalue weighted by Gasteiger charge is -2.30. The number of benzene rings is 2. The van der Waals surface area contributed by atoms with Gasteiger partial charge in [0.2, 0.25) is 0 Å². The normalized spacial score (nSPS) is 15.3. The van der Waals surface area contributed by atoms with Crippen LogP contribution in [-0.2, 0) is 16.9 Å². The highest BCUT2D eigenvalue weighted by atomic mass is 16.5. The molecule has 26 heavy (non-hydrogen) atoms. The smallest absolute Gasteiger partial charge is 0.290 e. The van der Waals surface area contributed by atoms with Crippen molar-refractivity contribution in [1.82, 2.24) is 4.90 Å². The zero-order valence-corrected chi connectivity index (χ0v) is 14.7. The minimum absolute atomic E-state index is 0.0624. The van der Waals surface area contributed by atoms with E-state index in [4.69, 9.17) is 16.0 Å². The Bertz CT molecular complexity index is 885. The van der Waals surface area contributed by atoms with Crippen molar-refractivity contribution >= 4 is 25.1 Å². The van der Waals surface area contributed by atoms with E-state index in [1.165, 1.54) is 4.90 Å². The number of carbonyl (C=O) groups excluding carboxylic acids is 2. The molecule has 1 aliphatic rings. The van der Waals surface area contributed by atoms with Gasteiger partial charge < -0.3 is 15.4 Å². The summed E-state index contributed by atoms with van der Waals surface area (Å²) in [5, 5.41) is 3.03. The number of carbonyl (C=O) groups is 2. The van der Waals surface area contributed by atoms with Gasteiger partial charge in [0.15, 0.2) is 0 Å². The third-order valence-corrected chi connectivity index (χ3v) is 4.68. The Morgan fingerprint density at radius 2 is 2.04 bits per heavy atom. The molecule has 132 valence electrons. The third kappa shape index (κ3) is 2.99. The Morgan fingerprint density at radius 3 is 2.65 bits per heavy atom. The molecule has 0 fully saturated rings. The van der Waals surface area contributed by atoms with Gasteiger partial charge in [0.05, 0.1) is 13.7 Å². The van der Waals surface area contributed by atoms with Gasteiger partial charge >= 0.3 is 0 Å². The maximum absolute atomic E-state index is 12.7. The molecule has 7 nitrogen and oxygen atoms in total. The maximum atomic E-state index is 12.7. The summed E-state index contributed by atoms with van der Waals surface area (Å²) < 4.78 is 5.20. The molecular weight excluding hydrogens is 331 g/mol. The van der Waals surface area contributed by atoms with Gasteiger partial charge in [-0.2, -0.15) is 0 Å². The molecule has 0 saturated heterocycles. The third-order valence-electron chi connectivity index (χ3n) is 4.68. The number of methoxy groups -OCH3 is 1. The Kier molecular flexibility index (Phi) is 4.61. The molecular formula is C18H19BN4O3. The van der Waals surface area contributed by atoms with Gasteiger partial charge in [-0.15, -0.1) is 5.11 Å². The summed E-state index contributed by atoms with van der Waals surface area (Å²) in [6.07, 6.45) is 0. The fourth-order valence-corrected chi connectivity index (χ4v) is 3.15. The van der Waals surface area contributed by atoms with Crippen molar-refractivity contribution in [1.29, 1.82) is 5.53 Å². The lowest BCUT2D eigenvalue weighted by Crippen LogP contribution is -2.53. The van der Waals surface area contributed by atoms with Crippen LogP contribution in [0.1, 0.15) is 21.5 Å². The highest BCUT2D eigenvalue weighted by Crippen LogP contribution is 2.30. The largest absolute Gasteiger partial charge is 0.497 e. The van der Waals surface area contributed by atoms with E-state index in [1.54, 1.807) is 37.4 Å².